The molecule has 8 heteroatoms. The molecule has 0 atom stereocenters. The van der Waals surface area contributed by atoms with Crippen LogP contribution >= 0.6 is 11.8 Å². The van der Waals surface area contributed by atoms with Gasteiger partial charge >= 0.3 is 0 Å². The summed E-state index contributed by atoms with van der Waals surface area (Å²) in [6, 6.07) is 12.9. The highest BCUT2D eigenvalue weighted by atomic mass is 32.2. The molecule has 3 rings (SSSR count). The number of amides is 1. The molecule has 2 aromatic rings. The number of hydrogen-bond donors (Lipinski definition) is 1. The van der Waals surface area contributed by atoms with Gasteiger partial charge in [0, 0.05) is 30.2 Å². The van der Waals surface area contributed by atoms with Gasteiger partial charge in [0.1, 0.15) is 10.7 Å². The summed E-state index contributed by atoms with van der Waals surface area (Å²) in [6.45, 7) is 1.01. The molecule has 1 N–H and O–H groups in total. The fraction of sp³-hybridized carbons (Fsp3) is 0.350. The third-order valence-electron chi connectivity index (χ3n) is 4.52. The van der Waals surface area contributed by atoms with Crippen LogP contribution in [0.3, 0.4) is 0 Å². The molecule has 0 radical (unpaired) electrons. The quantitative estimate of drug-likeness (QED) is 0.682. The van der Waals surface area contributed by atoms with Crippen LogP contribution in [0.5, 0.6) is 0 Å². The molecule has 150 valence electrons. The van der Waals surface area contributed by atoms with Crippen molar-refractivity contribution in [2.75, 3.05) is 24.2 Å². The first kappa shape index (κ1) is 20.8. The van der Waals surface area contributed by atoms with Crippen molar-refractivity contribution in [1.82, 2.24) is 4.31 Å². The number of piperidine rings is 1. The van der Waals surface area contributed by atoms with E-state index < -0.39 is 10.0 Å². The average Bonchev–Trinajstić information content (AvgIpc) is 2.70. The lowest BCUT2D eigenvalue weighted by Gasteiger charge is -2.26. The van der Waals surface area contributed by atoms with Crippen molar-refractivity contribution in [2.24, 2.45) is 0 Å². The minimum absolute atomic E-state index is 0.118. The summed E-state index contributed by atoms with van der Waals surface area (Å²) < 4.78 is 41.0. The van der Waals surface area contributed by atoms with E-state index in [0.717, 1.165) is 19.3 Å². The molecular weight excluding hydrogens is 399 g/mol. The second-order valence-corrected chi connectivity index (χ2v) is 9.58. The Labute approximate surface area is 169 Å². The Hall–Kier alpha value is -1.90. The lowest BCUT2D eigenvalue weighted by atomic mass is 10.2. The van der Waals surface area contributed by atoms with E-state index in [1.54, 1.807) is 36.4 Å². The molecule has 1 fully saturated rings. The standard InChI is InChI=1S/C20H23FN2O3S2/c21-16-8-2-4-10-18(16)27-15-12-20(24)22-17-9-3-5-11-19(17)28(25,26)23-13-6-1-7-14-23/h2-5,8-11H,1,6-7,12-15H2,(H,22,24). The summed E-state index contributed by atoms with van der Waals surface area (Å²) in [5.74, 6) is -0.218. The molecule has 1 aliphatic heterocycles. The zero-order chi connectivity index (χ0) is 20.0. The van der Waals surface area contributed by atoms with E-state index in [0.29, 0.717) is 23.7 Å². The van der Waals surface area contributed by atoms with Crippen LogP contribution in [0.1, 0.15) is 25.7 Å². The van der Waals surface area contributed by atoms with Gasteiger partial charge in [-0.1, -0.05) is 30.7 Å². The number of rotatable bonds is 7. The monoisotopic (exact) mass is 422 g/mol. The Morgan fingerprint density at radius 1 is 1.04 bits per heavy atom. The minimum atomic E-state index is -3.64. The zero-order valence-corrected chi connectivity index (χ0v) is 17.1. The number of benzene rings is 2. The molecule has 0 spiro atoms. The third kappa shape index (κ3) is 5.12. The third-order valence-corrected chi connectivity index (χ3v) is 7.52. The van der Waals surface area contributed by atoms with Gasteiger partial charge in [0.25, 0.3) is 0 Å². The smallest absolute Gasteiger partial charge is 0.245 e. The Balaban J connectivity index is 1.64. The van der Waals surface area contributed by atoms with E-state index in [1.807, 2.05) is 0 Å². The fourth-order valence-corrected chi connectivity index (χ4v) is 5.62. The summed E-state index contributed by atoms with van der Waals surface area (Å²) in [7, 11) is -3.64. The number of thioether (sulfide) groups is 1. The topological polar surface area (TPSA) is 66.5 Å². The fourth-order valence-electron chi connectivity index (χ4n) is 3.07. The number of hydrogen-bond acceptors (Lipinski definition) is 4. The van der Waals surface area contributed by atoms with Crippen LogP contribution in [0.2, 0.25) is 0 Å². The number of carbonyl (C=O) groups is 1. The SMILES string of the molecule is O=C(CCSc1ccccc1F)Nc1ccccc1S(=O)(=O)N1CCCCC1. The summed E-state index contributed by atoms with van der Waals surface area (Å²) in [6.07, 6.45) is 2.88. The van der Waals surface area contributed by atoms with Crippen LogP contribution in [0.15, 0.2) is 58.3 Å². The molecule has 0 unspecified atom stereocenters. The zero-order valence-electron chi connectivity index (χ0n) is 15.4. The number of carbonyl (C=O) groups excluding carboxylic acids is 1. The molecule has 1 aliphatic rings. The molecule has 0 aliphatic carbocycles. The Morgan fingerprint density at radius 2 is 1.71 bits per heavy atom. The normalized spacial score (nSPS) is 15.3. The van der Waals surface area contributed by atoms with Crippen molar-refractivity contribution in [2.45, 2.75) is 35.5 Å². The number of anilines is 1. The molecule has 1 saturated heterocycles. The summed E-state index contributed by atoms with van der Waals surface area (Å²) in [5.41, 5.74) is 0.286. The van der Waals surface area contributed by atoms with Crippen molar-refractivity contribution in [3.8, 4) is 0 Å². The van der Waals surface area contributed by atoms with E-state index in [9.17, 15) is 17.6 Å². The van der Waals surface area contributed by atoms with E-state index >= 15 is 0 Å². The molecule has 1 heterocycles. The van der Waals surface area contributed by atoms with Crippen molar-refractivity contribution in [3.05, 3.63) is 54.3 Å². The molecule has 0 aromatic heterocycles. The second-order valence-electron chi connectivity index (χ2n) is 6.54. The predicted molar refractivity (Wildman–Crippen MR) is 109 cm³/mol. The van der Waals surface area contributed by atoms with Crippen LogP contribution in [0, 0.1) is 5.82 Å². The molecule has 5 nitrogen and oxygen atoms in total. The first-order valence-electron chi connectivity index (χ1n) is 9.25. The van der Waals surface area contributed by atoms with Gasteiger partial charge < -0.3 is 5.32 Å². The number of para-hydroxylation sites is 1. The number of halogens is 1. The van der Waals surface area contributed by atoms with Gasteiger partial charge in [0.2, 0.25) is 15.9 Å². The van der Waals surface area contributed by atoms with Gasteiger partial charge in [-0.25, -0.2) is 12.8 Å². The van der Waals surface area contributed by atoms with Crippen LogP contribution in [0.4, 0.5) is 10.1 Å². The first-order valence-corrected chi connectivity index (χ1v) is 11.7. The van der Waals surface area contributed by atoms with Crippen LogP contribution in [-0.2, 0) is 14.8 Å². The van der Waals surface area contributed by atoms with Crippen molar-refractivity contribution >= 4 is 33.4 Å². The lowest BCUT2D eigenvalue weighted by molar-refractivity contribution is -0.115. The molecule has 28 heavy (non-hydrogen) atoms. The molecule has 2 aromatic carbocycles. The second kappa shape index (κ2) is 9.54. The highest BCUT2D eigenvalue weighted by Crippen LogP contribution is 2.27. The van der Waals surface area contributed by atoms with Gasteiger partial charge in [0.15, 0.2) is 0 Å². The van der Waals surface area contributed by atoms with Gasteiger partial charge in [-0.05, 0) is 37.1 Å². The van der Waals surface area contributed by atoms with Gasteiger partial charge in [-0.3, -0.25) is 4.79 Å². The molecule has 1 amide bonds. The predicted octanol–water partition coefficient (Wildman–Crippen LogP) is 4.12. The number of nitrogens with zero attached hydrogens (tertiary/aromatic N) is 1. The van der Waals surface area contributed by atoms with E-state index in [1.165, 1.54) is 28.2 Å². The van der Waals surface area contributed by atoms with Crippen LogP contribution in [-0.4, -0.2) is 37.5 Å². The summed E-state index contributed by atoms with van der Waals surface area (Å²) >= 11 is 1.26. The number of nitrogens with one attached hydrogen (secondary N) is 1. The molecular formula is C20H23FN2O3S2. The maximum Gasteiger partial charge on any atom is 0.245 e. The lowest BCUT2D eigenvalue weighted by Crippen LogP contribution is -2.36. The van der Waals surface area contributed by atoms with E-state index in [2.05, 4.69) is 5.32 Å². The minimum Gasteiger partial charge on any atom is -0.325 e. The maximum atomic E-state index is 13.6. The van der Waals surface area contributed by atoms with E-state index in [4.69, 9.17) is 0 Å². The largest absolute Gasteiger partial charge is 0.325 e. The van der Waals surface area contributed by atoms with Crippen molar-refractivity contribution in [1.29, 1.82) is 0 Å². The molecule has 0 bridgehead atoms. The Bertz CT molecular complexity index is 929. The summed E-state index contributed by atoms with van der Waals surface area (Å²) in [4.78, 5) is 12.9. The molecule has 0 saturated carbocycles. The Morgan fingerprint density at radius 3 is 2.46 bits per heavy atom. The number of sulfonamides is 1. The van der Waals surface area contributed by atoms with Crippen molar-refractivity contribution < 1.29 is 17.6 Å². The average molecular weight is 423 g/mol. The first-order chi connectivity index (χ1) is 13.5. The van der Waals surface area contributed by atoms with Gasteiger partial charge in [0.05, 0.1) is 5.69 Å². The Kier molecular flexibility index (Phi) is 7.09. The van der Waals surface area contributed by atoms with Crippen LogP contribution < -0.4 is 5.32 Å². The van der Waals surface area contributed by atoms with Gasteiger partial charge in [-0.15, -0.1) is 11.8 Å². The maximum absolute atomic E-state index is 13.6. The van der Waals surface area contributed by atoms with Gasteiger partial charge in [-0.2, -0.15) is 4.31 Å². The van der Waals surface area contributed by atoms with Crippen LogP contribution in [0.25, 0.3) is 0 Å². The van der Waals surface area contributed by atoms with Crippen molar-refractivity contribution in [3.63, 3.8) is 0 Å². The summed E-state index contributed by atoms with van der Waals surface area (Å²) in [5, 5.41) is 2.70. The van der Waals surface area contributed by atoms with E-state index in [-0.39, 0.29) is 28.7 Å². The highest BCUT2D eigenvalue weighted by Gasteiger charge is 2.28. The highest BCUT2D eigenvalue weighted by molar-refractivity contribution is 7.99.